The molecule has 242 valence electrons. The zero-order valence-corrected chi connectivity index (χ0v) is 30.6. The van der Waals surface area contributed by atoms with Crippen molar-refractivity contribution in [2.45, 2.75) is 98.7 Å². The maximum absolute atomic E-state index is 13.5. The van der Waals surface area contributed by atoms with Crippen molar-refractivity contribution in [1.29, 1.82) is 0 Å². The highest BCUT2D eigenvalue weighted by molar-refractivity contribution is 14.1. The molecule has 0 saturated carbocycles. The van der Waals surface area contributed by atoms with E-state index in [1.165, 1.54) is 14.7 Å². The van der Waals surface area contributed by atoms with Gasteiger partial charge in [-0.2, -0.15) is 0 Å². The number of benzene rings is 1. The molecule has 0 radical (unpaired) electrons. The quantitative estimate of drug-likeness (QED) is 0.185. The lowest BCUT2D eigenvalue weighted by Gasteiger charge is -2.15. The summed E-state index contributed by atoms with van der Waals surface area (Å²) in [6.45, 7) is 15.8. The molecule has 0 spiro atoms. The van der Waals surface area contributed by atoms with E-state index < -0.39 is 0 Å². The van der Waals surface area contributed by atoms with Crippen LogP contribution in [0.4, 0.5) is 0 Å². The summed E-state index contributed by atoms with van der Waals surface area (Å²) in [5.41, 5.74) is 16.7. The van der Waals surface area contributed by atoms with Crippen molar-refractivity contribution in [1.82, 2.24) is 19.9 Å². The summed E-state index contributed by atoms with van der Waals surface area (Å²) in [6, 6.07) is 15.1. The monoisotopic (exact) mass is 738 g/mol. The molecule has 3 atom stereocenters. The molecule has 3 aromatic heterocycles. The number of carbonyl (C=O) groups excluding carboxylic acids is 1. The smallest absolute Gasteiger partial charge is 0.169 e. The van der Waals surface area contributed by atoms with Gasteiger partial charge in [-0.15, -0.1) is 0 Å². The van der Waals surface area contributed by atoms with E-state index >= 15 is 0 Å². The molecule has 7 heteroatoms. The van der Waals surface area contributed by atoms with Gasteiger partial charge in [0, 0.05) is 66.5 Å². The van der Waals surface area contributed by atoms with Crippen molar-refractivity contribution in [3.05, 3.63) is 102 Å². The van der Waals surface area contributed by atoms with Crippen LogP contribution in [-0.4, -0.2) is 25.7 Å². The van der Waals surface area contributed by atoms with Crippen LogP contribution in [0, 0.1) is 17.4 Å². The van der Waals surface area contributed by atoms with E-state index in [4.69, 9.17) is 14.7 Å². The number of nitrogens with one attached hydrogen (secondary N) is 2. The standard InChI is InChI=1S/C40H43IN4O2/c1-8-11-28-21(4)31-16-32-22(5)37(24(7)47-19-25-12-10-13-26(41)14-25)35(43-32)18-30-20(3)27(9-2)34(42-30)17-33-23(6)38-36(46)15-29(39(28)44-31)40(38)45-33/h10,12-14,16-18,20,24,27,43,45H,8-9,11,15,19H2,1-7H3/t20-,24?,27-/m1/s1. The van der Waals surface area contributed by atoms with Gasteiger partial charge in [-0.25, -0.2) is 4.98 Å². The predicted molar refractivity (Wildman–Crippen MR) is 200 cm³/mol. The Labute approximate surface area is 290 Å². The maximum Gasteiger partial charge on any atom is 0.169 e. The number of H-pyrrole nitrogens is 2. The summed E-state index contributed by atoms with van der Waals surface area (Å²) in [4.78, 5) is 31.6. The summed E-state index contributed by atoms with van der Waals surface area (Å²) < 4.78 is 7.76. The number of aromatic nitrogens is 4. The van der Waals surface area contributed by atoms with E-state index in [9.17, 15) is 4.79 Å². The fraction of sp³-hybridized carbons (Fsp3) is 0.375. The molecule has 0 amide bonds. The van der Waals surface area contributed by atoms with E-state index in [0.717, 1.165) is 97.5 Å². The number of aromatic amines is 2. The molecule has 7 rings (SSSR count). The van der Waals surface area contributed by atoms with Crippen molar-refractivity contribution >= 4 is 61.6 Å². The number of halogens is 1. The highest BCUT2D eigenvalue weighted by Gasteiger charge is 2.32. The van der Waals surface area contributed by atoms with Crippen LogP contribution in [0.2, 0.25) is 0 Å². The summed E-state index contributed by atoms with van der Waals surface area (Å²) in [5, 5.41) is 0. The zero-order valence-electron chi connectivity index (χ0n) is 28.4. The third-order valence-corrected chi connectivity index (χ3v) is 11.2. The second-order valence-electron chi connectivity index (χ2n) is 13.5. The number of fused-ring (bicyclic) bond motifs is 8. The SMILES string of the molecule is CCCC1=C(C)c2cc3[nH]c(cc4nc(cc5[nH]c6c(c1n2)CC(=O)c6c5C)[C@H](CC)[C@H]4C)c(C(C)OCc1cccc(I)c1)c3C. The number of hydrogen-bond acceptors (Lipinski definition) is 4. The fourth-order valence-electron chi connectivity index (χ4n) is 7.88. The lowest BCUT2D eigenvalue weighted by atomic mass is 9.89. The Morgan fingerprint density at radius 3 is 2.49 bits per heavy atom. The molecular formula is C40H43IN4O2. The number of allylic oxidation sites excluding steroid dienone is 2. The van der Waals surface area contributed by atoms with Crippen LogP contribution in [0.3, 0.4) is 0 Å². The van der Waals surface area contributed by atoms with Gasteiger partial charge in [0.05, 0.1) is 29.6 Å². The Balaban J connectivity index is 1.52. The maximum atomic E-state index is 13.5. The molecule has 8 bridgehead atoms. The zero-order chi connectivity index (χ0) is 33.1. The molecule has 1 unspecified atom stereocenters. The van der Waals surface area contributed by atoms with E-state index in [1.807, 2.05) is 0 Å². The molecule has 0 saturated heterocycles. The number of rotatable bonds is 7. The fourth-order valence-corrected chi connectivity index (χ4v) is 8.49. The van der Waals surface area contributed by atoms with E-state index in [2.05, 4.69) is 123 Å². The van der Waals surface area contributed by atoms with Crippen LogP contribution < -0.4 is 0 Å². The van der Waals surface area contributed by atoms with Gasteiger partial charge in [-0.1, -0.05) is 39.3 Å². The van der Waals surface area contributed by atoms with Crippen molar-refractivity contribution in [2.75, 3.05) is 0 Å². The minimum Gasteiger partial charge on any atom is -0.369 e. The number of hydrogen-bond donors (Lipinski definition) is 2. The number of nitrogens with zero attached hydrogens (tertiary/aromatic N) is 2. The number of ether oxygens (including phenoxy) is 1. The topological polar surface area (TPSA) is 83.7 Å². The molecule has 5 heterocycles. The van der Waals surface area contributed by atoms with Gasteiger partial charge in [0.15, 0.2) is 5.78 Å². The summed E-state index contributed by atoms with van der Waals surface area (Å²) in [5.74, 6) is 0.698. The number of Topliss-reactive ketones (excluding diaryl/α,β-unsaturated/α-hetero) is 1. The van der Waals surface area contributed by atoms with Crippen LogP contribution in [0.5, 0.6) is 0 Å². The third kappa shape index (κ3) is 5.49. The average Bonchev–Trinajstić information content (AvgIpc) is 3.79. The molecular weight excluding hydrogens is 695 g/mol. The second-order valence-corrected chi connectivity index (χ2v) is 14.7. The van der Waals surface area contributed by atoms with Gasteiger partial charge in [0.1, 0.15) is 0 Å². The van der Waals surface area contributed by atoms with Crippen molar-refractivity contribution in [3.8, 4) is 0 Å². The molecule has 2 aliphatic heterocycles. The number of ketones is 1. The van der Waals surface area contributed by atoms with Crippen molar-refractivity contribution < 1.29 is 9.53 Å². The summed E-state index contributed by atoms with van der Waals surface area (Å²) >= 11 is 2.35. The first kappa shape index (κ1) is 32.0. The molecule has 2 N–H and O–H groups in total. The second kappa shape index (κ2) is 12.5. The van der Waals surface area contributed by atoms with Gasteiger partial charge in [-0.05, 0) is 121 Å². The summed E-state index contributed by atoms with van der Waals surface area (Å²) in [7, 11) is 0. The lowest BCUT2D eigenvalue weighted by molar-refractivity contribution is 0.0532. The molecule has 1 aromatic carbocycles. The first-order chi connectivity index (χ1) is 22.6. The van der Waals surface area contributed by atoms with Crippen LogP contribution >= 0.6 is 22.6 Å². The molecule has 1 aliphatic carbocycles. The van der Waals surface area contributed by atoms with E-state index in [-0.39, 0.29) is 23.7 Å². The van der Waals surface area contributed by atoms with Gasteiger partial charge in [0.25, 0.3) is 0 Å². The molecule has 3 aliphatic rings. The third-order valence-electron chi connectivity index (χ3n) is 10.5. The largest absolute Gasteiger partial charge is 0.369 e. The van der Waals surface area contributed by atoms with E-state index in [0.29, 0.717) is 13.0 Å². The van der Waals surface area contributed by atoms with Crippen LogP contribution in [0.1, 0.15) is 133 Å². The first-order valence-corrected chi connectivity index (χ1v) is 18.0. The van der Waals surface area contributed by atoms with Crippen molar-refractivity contribution in [3.63, 3.8) is 0 Å². The molecule has 47 heavy (non-hydrogen) atoms. The van der Waals surface area contributed by atoms with Crippen LogP contribution in [0.15, 0.2) is 42.5 Å². The van der Waals surface area contributed by atoms with E-state index in [1.54, 1.807) is 0 Å². The van der Waals surface area contributed by atoms with Crippen molar-refractivity contribution in [2.24, 2.45) is 0 Å². The van der Waals surface area contributed by atoms with Gasteiger partial charge in [-0.3, -0.25) is 9.78 Å². The van der Waals surface area contributed by atoms with Crippen LogP contribution in [-0.2, 0) is 17.8 Å². The average molecular weight is 739 g/mol. The van der Waals surface area contributed by atoms with Gasteiger partial charge < -0.3 is 14.7 Å². The Morgan fingerprint density at radius 1 is 0.979 bits per heavy atom. The lowest BCUT2D eigenvalue weighted by Crippen LogP contribution is -2.02. The summed E-state index contributed by atoms with van der Waals surface area (Å²) in [6.07, 6.45) is 3.13. The normalized spacial score (nSPS) is 18.0. The van der Waals surface area contributed by atoms with Gasteiger partial charge >= 0.3 is 0 Å². The van der Waals surface area contributed by atoms with Crippen LogP contribution in [0.25, 0.3) is 33.2 Å². The minimum atomic E-state index is -0.146. The number of aryl methyl sites for hydroxylation is 2. The Bertz CT molecular complexity index is 2140. The predicted octanol–water partition coefficient (Wildman–Crippen LogP) is 10.6. The highest BCUT2D eigenvalue weighted by atomic mass is 127. The number of carbonyl (C=O) groups is 1. The molecule has 6 nitrogen and oxygen atoms in total. The Morgan fingerprint density at radius 2 is 1.74 bits per heavy atom. The Hall–Kier alpha value is -3.56. The molecule has 4 aromatic rings. The minimum absolute atomic E-state index is 0.146. The first-order valence-electron chi connectivity index (χ1n) is 17.0. The van der Waals surface area contributed by atoms with Gasteiger partial charge in [0.2, 0.25) is 0 Å². The highest BCUT2D eigenvalue weighted by Crippen LogP contribution is 2.43. The molecule has 0 fully saturated rings. The Kier molecular flexibility index (Phi) is 8.49.